The number of hydrogen-bond acceptors (Lipinski definition) is 3. The molecule has 5 heteroatoms. The normalized spacial score (nSPS) is 11.1. The molecule has 0 saturated heterocycles. The van der Waals surface area contributed by atoms with Crippen molar-refractivity contribution < 1.29 is 9.90 Å². The number of nitrogens with one attached hydrogen (secondary N) is 2. The Morgan fingerprint density at radius 2 is 2.00 bits per heavy atom. The lowest BCUT2D eigenvalue weighted by molar-refractivity contribution is 0.0919. The molecule has 1 heterocycles. The second-order valence-electron chi connectivity index (χ2n) is 4.32. The van der Waals surface area contributed by atoms with E-state index in [9.17, 15) is 9.59 Å². The van der Waals surface area contributed by atoms with Crippen LogP contribution in [0.1, 0.15) is 31.1 Å². The minimum absolute atomic E-state index is 0.145. The highest BCUT2D eigenvalue weighted by Gasteiger charge is 2.15. The van der Waals surface area contributed by atoms with E-state index in [0.717, 1.165) is 6.07 Å². The highest BCUT2D eigenvalue weighted by Crippen LogP contribution is 2.06. The smallest absolute Gasteiger partial charge is 0.252 e. The van der Waals surface area contributed by atoms with Crippen LogP contribution in [0.3, 0.4) is 0 Å². The Morgan fingerprint density at radius 1 is 1.40 bits per heavy atom. The third-order valence-electron chi connectivity index (χ3n) is 1.58. The quantitative estimate of drug-likeness (QED) is 0.635. The first-order valence-corrected chi connectivity index (χ1v) is 4.54. The average molecular weight is 210 g/mol. The number of aromatic nitrogens is 1. The van der Waals surface area contributed by atoms with Gasteiger partial charge >= 0.3 is 0 Å². The Balaban J connectivity index is 2.97. The molecule has 0 atom stereocenters. The van der Waals surface area contributed by atoms with Gasteiger partial charge in [0.15, 0.2) is 5.88 Å². The van der Waals surface area contributed by atoms with Gasteiger partial charge in [0.05, 0.1) is 5.56 Å². The Bertz CT molecular complexity index is 429. The van der Waals surface area contributed by atoms with E-state index in [1.807, 2.05) is 20.8 Å². The van der Waals surface area contributed by atoms with Crippen molar-refractivity contribution in [3.63, 3.8) is 0 Å². The molecule has 3 N–H and O–H groups in total. The van der Waals surface area contributed by atoms with E-state index in [2.05, 4.69) is 10.3 Å². The SMILES string of the molecule is CC(C)(C)NC(=O)c1cc(O)[nH]c(=O)c1. The first-order valence-electron chi connectivity index (χ1n) is 4.54. The van der Waals surface area contributed by atoms with E-state index in [0.29, 0.717) is 0 Å². The van der Waals surface area contributed by atoms with Crippen LogP contribution in [0.5, 0.6) is 5.88 Å². The molecule has 1 amide bonds. The summed E-state index contributed by atoms with van der Waals surface area (Å²) in [5.41, 5.74) is -0.741. The van der Waals surface area contributed by atoms with Crippen molar-refractivity contribution >= 4 is 5.91 Å². The molecule has 15 heavy (non-hydrogen) atoms. The zero-order valence-corrected chi connectivity index (χ0v) is 8.92. The summed E-state index contributed by atoms with van der Waals surface area (Å²) >= 11 is 0. The summed E-state index contributed by atoms with van der Waals surface area (Å²) in [5, 5.41) is 11.8. The second-order valence-corrected chi connectivity index (χ2v) is 4.32. The maximum absolute atomic E-state index is 11.6. The van der Waals surface area contributed by atoms with Gasteiger partial charge in [0.1, 0.15) is 0 Å². The van der Waals surface area contributed by atoms with Crippen molar-refractivity contribution in [3.05, 3.63) is 28.0 Å². The van der Waals surface area contributed by atoms with Gasteiger partial charge in [-0.2, -0.15) is 0 Å². The van der Waals surface area contributed by atoms with E-state index < -0.39 is 5.56 Å². The number of amides is 1. The predicted octanol–water partition coefficient (Wildman–Crippen LogP) is 0.609. The first kappa shape index (κ1) is 11.3. The number of hydrogen-bond donors (Lipinski definition) is 3. The number of carbonyl (C=O) groups is 1. The number of aromatic hydroxyl groups is 1. The van der Waals surface area contributed by atoms with Crippen LogP contribution < -0.4 is 10.9 Å². The van der Waals surface area contributed by atoms with Gasteiger partial charge in [-0.25, -0.2) is 0 Å². The summed E-state index contributed by atoms with van der Waals surface area (Å²) in [4.78, 5) is 24.7. The van der Waals surface area contributed by atoms with Gasteiger partial charge < -0.3 is 10.4 Å². The number of rotatable bonds is 1. The van der Waals surface area contributed by atoms with E-state index in [4.69, 9.17) is 5.11 Å². The Morgan fingerprint density at radius 3 is 2.47 bits per heavy atom. The Labute approximate surface area is 87.1 Å². The summed E-state index contributed by atoms with van der Waals surface area (Å²) < 4.78 is 0. The van der Waals surface area contributed by atoms with E-state index in [1.165, 1.54) is 6.07 Å². The zero-order chi connectivity index (χ0) is 11.6. The molecule has 0 aliphatic heterocycles. The van der Waals surface area contributed by atoms with Crippen LogP contribution in [-0.4, -0.2) is 21.5 Å². The molecule has 0 aliphatic carbocycles. The molecule has 0 aromatic carbocycles. The molecule has 0 radical (unpaired) electrons. The molecule has 0 spiro atoms. The van der Waals surface area contributed by atoms with E-state index >= 15 is 0 Å². The topological polar surface area (TPSA) is 82.2 Å². The number of pyridine rings is 1. The molecule has 1 aromatic heterocycles. The highest BCUT2D eigenvalue weighted by atomic mass is 16.3. The van der Waals surface area contributed by atoms with E-state index in [-0.39, 0.29) is 22.9 Å². The lowest BCUT2D eigenvalue weighted by Gasteiger charge is -2.20. The Hall–Kier alpha value is -1.78. The molecule has 0 fully saturated rings. The monoisotopic (exact) mass is 210 g/mol. The predicted molar refractivity (Wildman–Crippen MR) is 55.9 cm³/mol. The summed E-state index contributed by atoms with van der Waals surface area (Å²) in [6.07, 6.45) is 0. The fourth-order valence-corrected chi connectivity index (χ4v) is 1.07. The molecular weight excluding hydrogens is 196 g/mol. The van der Waals surface area contributed by atoms with Gasteiger partial charge in [-0.15, -0.1) is 0 Å². The maximum Gasteiger partial charge on any atom is 0.252 e. The number of H-pyrrole nitrogens is 1. The van der Waals surface area contributed by atoms with Gasteiger partial charge in [-0.1, -0.05) is 0 Å². The van der Waals surface area contributed by atoms with Gasteiger partial charge in [-0.3, -0.25) is 14.6 Å². The Kier molecular flexibility index (Phi) is 2.83. The lowest BCUT2D eigenvalue weighted by Crippen LogP contribution is -2.40. The number of aromatic amines is 1. The summed E-state index contributed by atoms with van der Waals surface area (Å²) in [7, 11) is 0. The minimum atomic E-state index is -0.506. The molecule has 1 aromatic rings. The fraction of sp³-hybridized carbons (Fsp3) is 0.400. The minimum Gasteiger partial charge on any atom is -0.494 e. The summed E-state index contributed by atoms with van der Waals surface area (Å²) in [5.74, 6) is -0.703. The zero-order valence-electron chi connectivity index (χ0n) is 8.92. The molecule has 0 saturated carbocycles. The van der Waals surface area contributed by atoms with Crippen LogP contribution >= 0.6 is 0 Å². The van der Waals surface area contributed by atoms with Crippen LogP contribution in [0.4, 0.5) is 0 Å². The highest BCUT2D eigenvalue weighted by molar-refractivity contribution is 5.94. The van der Waals surface area contributed by atoms with Crippen molar-refractivity contribution in [1.82, 2.24) is 10.3 Å². The summed E-state index contributed by atoms with van der Waals surface area (Å²) in [6.45, 7) is 5.49. The van der Waals surface area contributed by atoms with Crippen molar-refractivity contribution in [2.75, 3.05) is 0 Å². The van der Waals surface area contributed by atoms with Gasteiger partial charge in [-0.05, 0) is 20.8 Å². The van der Waals surface area contributed by atoms with Crippen LogP contribution in [0.2, 0.25) is 0 Å². The van der Waals surface area contributed by atoms with Gasteiger partial charge in [0.25, 0.3) is 11.5 Å². The molecule has 0 aliphatic rings. The van der Waals surface area contributed by atoms with Crippen molar-refractivity contribution in [2.24, 2.45) is 0 Å². The van der Waals surface area contributed by atoms with Crippen molar-refractivity contribution in [2.45, 2.75) is 26.3 Å². The molecule has 0 unspecified atom stereocenters. The first-order chi connectivity index (χ1) is 6.78. The van der Waals surface area contributed by atoms with Crippen LogP contribution in [0.25, 0.3) is 0 Å². The van der Waals surface area contributed by atoms with Gasteiger partial charge in [0.2, 0.25) is 0 Å². The molecular formula is C10H14N2O3. The van der Waals surface area contributed by atoms with Crippen molar-refractivity contribution in [3.8, 4) is 5.88 Å². The summed E-state index contributed by atoms with van der Waals surface area (Å²) in [6, 6.07) is 2.35. The molecule has 0 bridgehead atoms. The lowest BCUT2D eigenvalue weighted by atomic mass is 10.1. The second kappa shape index (κ2) is 3.76. The average Bonchev–Trinajstić information content (AvgIpc) is 1.98. The fourth-order valence-electron chi connectivity index (χ4n) is 1.07. The molecule has 82 valence electrons. The van der Waals surface area contributed by atoms with Crippen LogP contribution in [-0.2, 0) is 0 Å². The largest absolute Gasteiger partial charge is 0.494 e. The van der Waals surface area contributed by atoms with Crippen LogP contribution in [0, 0.1) is 0 Å². The van der Waals surface area contributed by atoms with Gasteiger partial charge in [0, 0.05) is 17.7 Å². The molecule has 5 nitrogen and oxygen atoms in total. The number of carbonyl (C=O) groups excluding carboxylic acids is 1. The standard InChI is InChI=1S/C10H14N2O3/c1-10(2,3)12-9(15)6-4-7(13)11-8(14)5-6/h4-5H,1-3H3,(H,12,15)(H2,11,13,14). The maximum atomic E-state index is 11.6. The third-order valence-corrected chi connectivity index (χ3v) is 1.58. The van der Waals surface area contributed by atoms with Crippen molar-refractivity contribution in [1.29, 1.82) is 0 Å². The van der Waals surface area contributed by atoms with Crippen LogP contribution in [0.15, 0.2) is 16.9 Å². The third kappa shape index (κ3) is 3.46. The van der Waals surface area contributed by atoms with E-state index in [1.54, 1.807) is 0 Å². The molecule has 1 rings (SSSR count).